The maximum atomic E-state index is 11.0. The van der Waals surface area contributed by atoms with E-state index in [9.17, 15) is 20.2 Å². The summed E-state index contributed by atoms with van der Waals surface area (Å²) in [6.45, 7) is 0. The maximum Gasteiger partial charge on any atom is 0.288 e. The molecule has 8 heteroatoms. The van der Waals surface area contributed by atoms with Gasteiger partial charge in [-0.15, -0.1) is 0 Å². The van der Waals surface area contributed by atoms with Crippen molar-refractivity contribution < 1.29 is 9.85 Å². The molecule has 2 aromatic carbocycles. The first-order valence-corrected chi connectivity index (χ1v) is 7.50. The molecule has 1 heterocycles. The molecule has 124 valence electrons. The van der Waals surface area contributed by atoms with E-state index < -0.39 is 9.85 Å². The number of fused-ring (bicyclic) bond motifs is 1. The standard InChI is InChI=1S/C17H10ClN3O4/c18-14-9-5-11(10-17(14)21(24)25)4-6-12-7-8-13-15(19-12)2-1-3-16(13)20(22)23/h1-10H/b6-4+. The Bertz CT molecular complexity index is 1030. The summed E-state index contributed by atoms with van der Waals surface area (Å²) in [5.41, 5.74) is 1.49. The Morgan fingerprint density at radius 3 is 2.40 bits per heavy atom. The number of rotatable bonds is 4. The van der Waals surface area contributed by atoms with Gasteiger partial charge in [0.2, 0.25) is 0 Å². The normalized spacial score (nSPS) is 11.1. The lowest BCUT2D eigenvalue weighted by Gasteiger charge is -2.01. The molecule has 0 saturated heterocycles. The number of aromatic nitrogens is 1. The fraction of sp³-hybridized carbons (Fsp3) is 0. The second-order valence-electron chi connectivity index (χ2n) is 5.14. The van der Waals surface area contributed by atoms with Gasteiger partial charge in [0.25, 0.3) is 11.4 Å². The van der Waals surface area contributed by atoms with E-state index in [2.05, 4.69) is 4.98 Å². The first-order valence-electron chi connectivity index (χ1n) is 7.12. The van der Waals surface area contributed by atoms with Crippen LogP contribution in [0.15, 0.2) is 48.5 Å². The SMILES string of the molecule is O=[N+]([O-])c1cc(/C=C/c2ccc3c([N+](=O)[O-])cccc3n2)ccc1Cl. The van der Waals surface area contributed by atoms with Crippen LogP contribution in [-0.4, -0.2) is 14.8 Å². The zero-order valence-corrected chi connectivity index (χ0v) is 13.4. The number of pyridine rings is 1. The van der Waals surface area contributed by atoms with E-state index in [-0.39, 0.29) is 16.4 Å². The van der Waals surface area contributed by atoms with Gasteiger partial charge in [0.05, 0.1) is 26.4 Å². The van der Waals surface area contributed by atoms with Gasteiger partial charge in [-0.05, 0) is 35.9 Å². The van der Waals surface area contributed by atoms with Crippen molar-refractivity contribution in [3.05, 3.63) is 85.0 Å². The van der Waals surface area contributed by atoms with E-state index in [4.69, 9.17) is 11.6 Å². The lowest BCUT2D eigenvalue weighted by molar-refractivity contribution is -0.384. The van der Waals surface area contributed by atoms with Gasteiger partial charge >= 0.3 is 0 Å². The number of hydrogen-bond acceptors (Lipinski definition) is 5. The van der Waals surface area contributed by atoms with Crippen molar-refractivity contribution in [2.24, 2.45) is 0 Å². The molecule has 0 aliphatic heterocycles. The highest BCUT2D eigenvalue weighted by molar-refractivity contribution is 6.32. The topological polar surface area (TPSA) is 99.2 Å². The first-order chi connectivity index (χ1) is 12.0. The number of nitro groups is 2. The van der Waals surface area contributed by atoms with Crippen LogP contribution in [0.4, 0.5) is 11.4 Å². The number of nitrogens with zero attached hydrogens (tertiary/aromatic N) is 3. The molecule has 25 heavy (non-hydrogen) atoms. The van der Waals surface area contributed by atoms with Crippen molar-refractivity contribution in [3.63, 3.8) is 0 Å². The minimum absolute atomic E-state index is 0.00569. The molecule has 0 bridgehead atoms. The lowest BCUT2D eigenvalue weighted by Crippen LogP contribution is -1.91. The molecule has 0 unspecified atom stereocenters. The van der Waals surface area contributed by atoms with Crippen molar-refractivity contribution in [1.29, 1.82) is 0 Å². The van der Waals surface area contributed by atoms with Crippen molar-refractivity contribution in [3.8, 4) is 0 Å². The van der Waals surface area contributed by atoms with Gasteiger partial charge in [0, 0.05) is 12.1 Å². The molecule has 0 atom stereocenters. The summed E-state index contributed by atoms with van der Waals surface area (Å²) in [7, 11) is 0. The van der Waals surface area contributed by atoms with Crippen molar-refractivity contribution in [2.75, 3.05) is 0 Å². The molecule has 0 N–H and O–H groups in total. The van der Waals surface area contributed by atoms with Gasteiger partial charge in [0.1, 0.15) is 5.02 Å². The Labute approximate surface area is 146 Å². The van der Waals surface area contributed by atoms with E-state index >= 15 is 0 Å². The quantitative estimate of drug-likeness (QED) is 0.490. The number of hydrogen-bond donors (Lipinski definition) is 0. The van der Waals surface area contributed by atoms with E-state index in [1.165, 1.54) is 18.2 Å². The third-order valence-electron chi connectivity index (χ3n) is 3.54. The van der Waals surface area contributed by atoms with Gasteiger partial charge < -0.3 is 0 Å². The number of benzene rings is 2. The molecule has 1 aromatic heterocycles. The summed E-state index contributed by atoms with van der Waals surface area (Å²) < 4.78 is 0. The molecule has 7 nitrogen and oxygen atoms in total. The highest BCUT2D eigenvalue weighted by Gasteiger charge is 2.12. The molecule has 0 amide bonds. The van der Waals surface area contributed by atoms with Crippen LogP contribution in [-0.2, 0) is 0 Å². The molecule has 3 rings (SSSR count). The summed E-state index contributed by atoms with van der Waals surface area (Å²) in [5.74, 6) is 0. The van der Waals surface area contributed by atoms with Crippen molar-refractivity contribution >= 4 is 46.0 Å². The molecule has 0 aliphatic carbocycles. The second kappa shape index (κ2) is 6.66. The van der Waals surface area contributed by atoms with Gasteiger partial charge in [-0.2, -0.15) is 0 Å². The summed E-state index contributed by atoms with van der Waals surface area (Å²) >= 11 is 5.78. The predicted octanol–water partition coefficient (Wildman–Crippen LogP) is 4.88. The molecule has 0 aliphatic rings. The van der Waals surface area contributed by atoms with Crippen LogP contribution < -0.4 is 0 Å². The lowest BCUT2D eigenvalue weighted by atomic mass is 10.1. The van der Waals surface area contributed by atoms with E-state index in [1.54, 1.807) is 42.5 Å². The van der Waals surface area contributed by atoms with Crippen LogP contribution in [0.5, 0.6) is 0 Å². The molecular formula is C17H10ClN3O4. The second-order valence-corrected chi connectivity index (χ2v) is 5.55. The smallest absolute Gasteiger partial charge is 0.258 e. The fourth-order valence-corrected chi connectivity index (χ4v) is 2.55. The highest BCUT2D eigenvalue weighted by Crippen LogP contribution is 2.27. The van der Waals surface area contributed by atoms with Crippen LogP contribution in [0.3, 0.4) is 0 Å². The van der Waals surface area contributed by atoms with Crippen LogP contribution in [0.1, 0.15) is 11.3 Å². The van der Waals surface area contributed by atoms with E-state index in [0.29, 0.717) is 22.2 Å². The van der Waals surface area contributed by atoms with Gasteiger partial charge in [0.15, 0.2) is 0 Å². The Morgan fingerprint density at radius 2 is 1.68 bits per heavy atom. The number of halogens is 1. The Kier molecular flexibility index (Phi) is 4.40. The summed E-state index contributed by atoms with van der Waals surface area (Å²) in [6, 6.07) is 12.4. The molecule has 0 fully saturated rings. The van der Waals surface area contributed by atoms with Crippen LogP contribution >= 0.6 is 11.6 Å². The minimum atomic E-state index is -0.549. The fourth-order valence-electron chi connectivity index (χ4n) is 2.36. The minimum Gasteiger partial charge on any atom is -0.258 e. The van der Waals surface area contributed by atoms with E-state index in [1.807, 2.05) is 0 Å². The third kappa shape index (κ3) is 3.46. The zero-order chi connectivity index (χ0) is 18.0. The molecule has 0 radical (unpaired) electrons. The van der Waals surface area contributed by atoms with Crippen LogP contribution in [0.2, 0.25) is 5.02 Å². The van der Waals surface area contributed by atoms with Gasteiger partial charge in [-0.1, -0.05) is 29.8 Å². The van der Waals surface area contributed by atoms with Gasteiger partial charge in [-0.25, -0.2) is 4.98 Å². The monoisotopic (exact) mass is 355 g/mol. The Morgan fingerprint density at radius 1 is 0.920 bits per heavy atom. The largest absolute Gasteiger partial charge is 0.288 e. The summed E-state index contributed by atoms with van der Waals surface area (Å²) in [6.07, 6.45) is 3.33. The molecule has 3 aromatic rings. The average molecular weight is 356 g/mol. The van der Waals surface area contributed by atoms with Crippen LogP contribution in [0.25, 0.3) is 23.1 Å². The first kappa shape index (κ1) is 16.5. The Balaban J connectivity index is 1.96. The Hall–Kier alpha value is -3.32. The molecule has 0 spiro atoms. The number of nitro benzene ring substituents is 2. The summed E-state index contributed by atoms with van der Waals surface area (Å²) in [4.78, 5) is 25.3. The highest BCUT2D eigenvalue weighted by atomic mass is 35.5. The van der Waals surface area contributed by atoms with Gasteiger partial charge in [-0.3, -0.25) is 20.2 Å². The molecule has 0 saturated carbocycles. The van der Waals surface area contributed by atoms with Crippen LogP contribution in [0, 0.1) is 20.2 Å². The van der Waals surface area contributed by atoms with Crippen molar-refractivity contribution in [2.45, 2.75) is 0 Å². The average Bonchev–Trinajstić information content (AvgIpc) is 2.59. The third-order valence-corrected chi connectivity index (χ3v) is 3.86. The van der Waals surface area contributed by atoms with Crippen molar-refractivity contribution in [1.82, 2.24) is 4.98 Å². The maximum absolute atomic E-state index is 11.0. The van der Waals surface area contributed by atoms with E-state index in [0.717, 1.165) is 0 Å². The number of non-ortho nitro benzene ring substituents is 1. The summed E-state index contributed by atoms with van der Waals surface area (Å²) in [5, 5.41) is 22.5. The molecular weight excluding hydrogens is 346 g/mol. The predicted molar refractivity (Wildman–Crippen MR) is 95.4 cm³/mol. The zero-order valence-electron chi connectivity index (χ0n) is 12.6.